The van der Waals surface area contributed by atoms with Gasteiger partial charge < -0.3 is 10.5 Å². The van der Waals surface area contributed by atoms with E-state index >= 15 is 0 Å². The molecule has 2 unspecified atom stereocenters. The van der Waals surface area contributed by atoms with E-state index < -0.39 is 0 Å². The maximum Gasteiger partial charge on any atom is 0.0621 e. The first-order valence-corrected chi connectivity index (χ1v) is 6.72. The van der Waals surface area contributed by atoms with Crippen molar-refractivity contribution in [3.05, 3.63) is 11.6 Å². The summed E-state index contributed by atoms with van der Waals surface area (Å²) in [6.45, 7) is 11.8. The molecule has 2 aliphatic heterocycles. The Labute approximate surface area is 105 Å². The molecule has 2 N–H and O–H groups in total. The van der Waals surface area contributed by atoms with E-state index in [0.29, 0.717) is 11.3 Å². The molecule has 0 aromatic heterocycles. The van der Waals surface area contributed by atoms with Crippen LogP contribution in [0.25, 0.3) is 0 Å². The summed E-state index contributed by atoms with van der Waals surface area (Å²) in [6.07, 6.45) is 3.61. The SMILES string of the molecule is CC(C)(C)C1=CCN(CC2COCC2N)CC1. The third kappa shape index (κ3) is 3.30. The smallest absolute Gasteiger partial charge is 0.0621 e. The summed E-state index contributed by atoms with van der Waals surface area (Å²) in [5.74, 6) is 0.527. The van der Waals surface area contributed by atoms with E-state index in [9.17, 15) is 0 Å². The number of nitrogens with zero attached hydrogens (tertiary/aromatic N) is 1. The fourth-order valence-electron chi connectivity index (χ4n) is 2.69. The van der Waals surface area contributed by atoms with Crippen LogP contribution in [0.15, 0.2) is 11.6 Å². The van der Waals surface area contributed by atoms with Gasteiger partial charge in [0.05, 0.1) is 13.2 Å². The molecule has 98 valence electrons. The van der Waals surface area contributed by atoms with Crippen molar-refractivity contribution in [2.45, 2.75) is 33.2 Å². The highest BCUT2D eigenvalue weighted by Gasteiger charge is 2.28. The van der Waals surface area contributed by atoms with E-state index in [1.165, 1.54) is 13.0 Å². The Bertz CT molecular complexity index is 293. The lowest BCUT2D eigenvalue weighted by Crippen LogP contribution is -2.40. The maximum absolute atomic E-state index is 6.03. The van der Waals surface area contributed by atoms with Gasteiger partial charge in [0.15, 0.2) is 0 Å². The second-order valence-corrected chi connectivity index (χ2v) is 6.45. The number of hydrogen-bond donors (Lipinski definition) is 1. The average Bonchev–Trinajstić information content (AvgIpc) is 2.64. The topological polar surface area (TPSA) is 38.5 Å². The molecule has 2 rings (SSSR count). The summed E-state index contributed by atoms with van der Waals surface area (Å²) in [6, 6.07) is 0.239. The predicted octanol–water partition coefficient (Wildman–Crippen LogP) is 1.64. The second kappa shape index (κ2) is 5.09. The van der Waals surface area contributed by atoms with Crippen LogP contribution in [-0.4, -0.2) is 43.8 Å². The molecule has 0 radical (unpaired) electrons. The first kappa shape index (κ1) is 13.1. The third-order valence-electron chi connectivity index (χ3n) is 4.00. The van der Waals surface area contributed by atoms with Crippen LogP contribution in [-0.2, 0) is 4.74 Å². The molecule has 0 saturated carbocycles. The second-order valence-electron chi connectivity index (χ2n) is 6.45. The van der Waals surface area contributed by atoms with Crippen molar-refractivity contribution in [3.8, 4) is 0 Å². The number of hydrogen-bond acceptors (Lipinski definition) is 3. The van der Waals surface area contributed by atoms with Crippen LogP contribution in [0.3, 0.4) is 0 Å². The van der Waals surface area contributed by atoms with Crippen molar-refractivity contribution in [1.29, 1.82) is 0 Å². The van der Waals surface area contributed by atoms with Gasteiger partial charge in [-0.3, -0.25) is 4.90 Å². The molecule has 3 nitrogen and oxygen atoms in total. The lowest BCUT2D eigenvalue weighted by Gasteiger charge is -2.33. The zero-order chi connectivity index (χ0) is 12.5. The van der Waals surface area contributed by atoms with Crippen LogP contribution in [0.1, 0.15) is 27.2 Å². The van der Waals surface area contributed by atoms with Crippen LogP contribution in [0.5, 0.6) is 0 Å². The van der Waals surface area contributed by atoms with Gasteiger partial charge in [0.2, 0.25) is 0 Å². The van der Waals surface area contributed by atoms with Gasteiger partial charge in [-0.05, 0) is 11.8 Å². The van der Waals surface area contributed by atoms with Gasteiger partial charge in [0.25, 0.3) is 0 Å². The Kier molecular flexibility index (Phi) is 3.91. The zero-order valence-electron chi connectivity index (χ0n) is 11.4. The van der Waals surface area contributed by atoms with Gasteiger partial charge in [-0.25, -0.2) is 0 Å². The van der Waals surface area contributed by atoms with Gasteiger partial charge in [0.1, 0.15) is 0 Å². The quantitative estimate of drug-likeness (QED) is 0.743. The van der Waals surface area contributed by atoms with Crippen LogP contribution in [0.2, 0.25) is 0 Å². The fourth-order valence-corrected chi connectivity index (χ4v) is 2.69. The largest absolute Gasteiger partial charge is 0.379 e. The van der Waals surface area contributed by atoms with Gasteiger partial charge in [-0.15, -0.1) is 0 Å². The highest BCUT2D eigenvalue weighted by atomic mass is 16.5. The molecule has 0 amide bonds. The number of nitrogens with two attached hydrogens (primary N) is 1. The Morgan fingerprint density at radius 3 is 2.65 bits per heavy atom. The lowest BCUT2D eigenvalue weighted by atomic mass is 9.83. The van der Waals surface area contributed by atoms with Crippen LogP contribution in [0, 0.1) is 11.3 Å². The van der Waals surface area contributed by atoms with E-state index in [2.05, 4.69) is 31.7 Å². The summed E-state index contributed by atoms with van der Waals surface area (Å²) in [7, 11) is 0. The molecular formula is C14H26N2O. The van der Waals surface area contributed by atoms with Crippen molar-refractivity contribution in [1.82, 2.24) is 4.90 Å². The Morgan fingerprint density at radius 2 is 2.18 bits per heavy atom. The molecule has 0 aromatic rings. The number of rotatable bonds is 2. The van der Waals surface area contributed by atoms with E-state index in [1.54, 1.807) is 5.57 Å². The highest BCUT2D eigenvalue weighted by molar-refractivity contribution is 5.14. The van der Waals surface area contributed by atoms with Crippen LogP contribution >= 0.6 is 0 Å². The summed E-state index contributed by atoms with van der Waals surface area (Å²) >= 11 is 0. The Balaban J connectivity index is 1.85. The molecule has 1 fully saturated rings. The zero-order valence-corrected chi connectivity index (χ0v) is 11.4. The monoisotopic (exact) mass is 238 g/mol. The minimum atomic E-state index is 0.239. The van der Waals surface area contributed by atoms with E-state index in [-0.39, 0.29) is 6.04 Å². The van der Waals surface area contributed by atoms with Crippen molar-refractivity contribution < 1.29 is 4.74 Å². The molecule has 17 heavy (non-hydrogen) atoms. The minimum Gasteiger partial charge on any atom is -0.379 e. The molecular weight excluding hydrogens is 212 g/mol. The summed E-state index contributed by atoms with van der Waals surface area (Å²) < 4.78 is 5.42. The minimum absolute atomic E-state index is 0.239. The normalized spacial score (nSPS) is 31.6. The molecule has 2 heterocycles. The van der Waals surface area contributed by atoms with Crippen molar-refractivity contribution >= 4 is 0 Å². The van der Waals surface area contributed by atoms with Gasteiger partial charge in [-0.1, -0.05) is 32.4 Å². The molecule has 1 saturated heterocycles. The Morgan fingerprint density at radius 1 is 1.41 bits per heavy atom. The maximum atomic E-state index is 6.03. The first-order chi connectivity index (χ1) is 7.97. The Hall–Kier alpha value is -0.380. The molecule has 2 aliphatic rings. The molecule has 0 aliphatic carbocycles. The van der Waals surface area contributed by atoms with Crippen molar-refractivity contribution in [2.75, 3.05) is 32.8 Å². The van der Waals surface area contributed by atoms with Gasteiger partial charge >= 0.3 is 0 Å². The number of ether oxygens (including phenoxy) is 1. The lowest BCUT2D eigenvalue weighted by molar-refractivity contribution is 0.168. The summed E-state index contributed by atoms with van der Waals surface area (Å²) in [5, 5.41) is 0. The van der Waals surface area contributed by atoms with E-state index in [0.717, 1.165) is 26.3 Å². The standard InChI is InChI=1S/C14H26N2O/c1-14(2,3)12-4-6-16(7-5-12)8-11-9-17-10-13(11)15/h4,11,13H,5-10,15H2,1-3H3. The van der Waals surface area contributed by atoms with Crippen LogP contribution < -0.4 is 5.73 Å². The van der Waals surface area contributed by atoms with E-state index in [4.69, 9.17) is 10.5 Å². The highest BCUT2D eigenvalue weighted by Crippen LogP contribution is 2.30. The van der Waals surface area contributed by atoms with Gasteiger partial charge in [-0.2, -0.15) is 0 Å². The molecule has 0 aromatic carbocycles. The summed E-state index contributed by atoms with van der Waals surface area (Å²) in [5.41, 5.74) is 7.96. The van der Waals surface area contributed by atoms with Crippen molar-refractivity contribution in [2.24, 2.45) is 17.1 Å². The molecule has 2 atom stereocenters. The molecule has 3 heteroatoms. The molecule has 0 spiro atoms. The third-order valence-corrected chi connectivity index (χ3v) is 4.00. The first-order valence-electron chi connectivity index (χ1n) is 6.72. The summed E-state index contributed by atoms with van der Waals surface area (Å²) in [4.78, 5) is 2.51. The fraction of sp³-hybridized carbons (Fsp3) is 0.857. The van der Waals surface area contributed by atoms with Gasteiger partial charge in [0, 0.05) is 31.6 Å². The van der Waals surface area contributed by atoms with Crippen LogP contribution in [0.4, 0.5) is 0 Å². The van der Waals surface area contributed by atoms with E-state index in [1.807, 2.05) is 0 Å². The molecule has 0 bridgehead atoms. The predicted molar refractivity (Wildman–Crippen MR) is 70.9 cm³/mol. The van der Waals surface area contributed by atoms with Crippen molar-refractivity contribution in [3.63, 3.8) is 0 Å². The average molecular weight is 238 g/mol.